The number of rotatable bonds is 5. The van der Waals surface area contributed by atoms with Crippen molar-refractivity contribution in [2.45, 2.75) is 18.7 Å². The van der Waals surface area contributed by atoms with Gasteiger partial charge in [0.15, 0.2) is 22.1 Å². The summed E-state index contributed by atoms with van der Waals surface area (Å²) in [6.45, 7) is 3.87. The Hall–Kier alpha value is -3.92. The van der Waals surface area contributed by atoms with E-state index in [1.54, 1.807) is 24.4 Å². The third-order valence-corrected chi connectivity index (χ3v) is 5.78. The molecule has 0 aliphatic heterocycles. The van der Waals surface area contributed by atoms with E-state index in [0.717, 1.165) is 23.8 Å². The van der Waals surface area contributed by atoms with Gasteiger partial charge in [0.2, 0.25) is 5.76 Å². The maximum Gasteiger partial charge on any atom is 0.294 e. The van der Waals surface area contributed by atoms with Crippen LogP contribution in [0.1, 0.15) is 21.7 Å². The van der Waals surface area contributed by atoms with Crippen LogP contribution in [0.2, 0.25) is 0 Å². The first kappa shape index (κ1) is 21.3. The standard InChI is InChI=1S/C22H19N5O4S/c1-13-10-14(2)18(24-11-13)21-23-9-8-17(26-21)27-22(28)20-19(25-12-31-20)15-4-6-16(7-5-15)32(3,29)30/h4-12H,1-3H3,(H,23,26,27,28). The minimum atomic E-state index is -3.33. The summed E-state index contributed by atoms with van der Waals surface area (Å²) >= 11 is 0. The van der Waals surface area contributed by atoms with Gasteiger partial charge < -0.3 is 9.73 Å². The molecule has 0 unspecified atom stereocenters. The number of nitrogens with zero attached hydrogens (tertiary/aromatic N) is 4. The molecule has 9 nitrogen and oxygen atoms in total. The summed E-state index contributed by atoms with van der Waals surface area (Å²) in [6.07, 6.45) is 5.54. The number of benzene rings is 1. The van der Waals surface area contributed by atoms with Crippen molar-refractivity contribution in [1.29, 1.82) is 0 Å². The average molecular weight is 449 g/mol. The highest BCUT2D eigenvalue weighted by molar-refractivity contribution is 7.90. The highest BCUT2D eigenvalue weighted by Gasteiger charge is 2.20. The summed E-state index contributed by atoms with van der Waals surface area (Å²) in [5.41, 5.74) is 3.40. The zero-order chi connectivity index (χ0) is 22.9. The number of hydrogen-bond donors (Lipinski definition) is 1. The second-order valence-electron chi connectivity index (χ2n) is 7.22. The Balaban J connectivity index is 1.59. The van der Waals surface area contributed by atoms with Gasteiger partial charge in [0, 0.05) is 24.2 Å². The van der Waals surface area contributed by atoms with Crippen LogP contribution in [0.15, 0.2) is 64.5 Å². The summed E-state index contributed by atoms with van der Waals surface area (Å²) in [5, 5.41) is 2.68. The van der Waals surface area contributed by atoms with Crippen LogP contribution in [0.4, 0.5) is 5.82 Å². The molecule has 0 aliphatic carbocycles. The topological polar surface area (TPSA) is 128 Å². The van der Waals surface area contributed by atoms with Crippen molar-refractivity contribution >= 4 is 21.6 Å². The SMILES string of the molecule is Cc1cnc(-c2nccc(NC(=O)c3ocnc3-c3ccc(S(C)(=O)=O)cc3)n2)c(C)c1. The summed E-state index contributed by atoms with van der Waals surface area (Å²) in [7, 11) is -3.33. The second kappa shape index (κ2) is 8.31. The molecular formula is C22H19N5O4S. The van der Waals surface area contributed by atoms with E-state index < -0.39 is 15.7 Å². The quantitative estimate of drug-likeness (QED) is 0.490. The maximum atomic E-state index is 12.8. The van der Waals surface area contributed by atoms with Gasteiger partial charge in [0.1, 0.15) is 17.2 Å². The largest absolute Gasteiger partial charge is 0.438 e. The fraction of sp³-hybridized carbons (Fsp3) is 0.136. The van der Waals surface area contributed by atoms with Crippen LogP contribution in [0.3, 0.4) is 0 Å². The third kappa shape index (κ3) is 4.40. The Labute approximate surface area is 184 Å². The number of aryl methyl sites for hydroxylation is 2. The fourth-order valence-corrected chi connectivity index (χ4v) is 3.77. The number of anilines is 1. The number of pyridine rings is 1. The predicted octanol–water partition coefficient (Wildman–Crippen LogP) is 3.47. The van der Waals surface area contributed by atoms with Crippen molar-refractivity contribution in [2.75, 3.05) is 11.6 Å². The molecule has 0 radical (unpaired) electrons. The lowest BCUT2D eigenvalue weighted by atomic mass is 10.1. The molecule has 0 spiro atoms. The van der Waals surface area contributed by atoms with Crippen molar-refractivity contribution in [3.05, 3.63) is 72.1 Å². The molecule has 3 heterocycles. The van der Waals surface area contributed by atoms with E-state index in [1.165, 1.54) is 18.3 Å². The molecule has 0 aliphatic rings. The summed E-state index contributed by atoms with van der Waals surface area (Å²) in [6, 6.07) is 9.58. The molecule has 4 rings (SSSR count). The number of sulfone groups is 1. The Morgan fingerprint density at radius 1 is 1.00 bits per heavy atom. The van der Waals surface area contributed by atoms with Crippen molar-refractivity contribution in [3.8, 4) is 22.8 Å². The van der Waals surface area contributed by atoms with Gasteiger partial charge in [-0.15, -0.1) is 0 Å². The van der Waals surface area contributed by atoms with Gasteiger partial charge in [0.05, 0.1) is 4.90 Å². The van der Waals surface area contributed by atoms with Crippen LogP contribution < -0.4 is 5.32 Å². The molecule has 4 aromatic rings. The minimum Gasteiger partial charge on any atom is -0.438 e. The summed E-state index contributed by atoms with van der Waals surface area (Å²) in [5.74, 6) is 0.0795. The van der Waals surface area contributed by atoms with E-state index in [-0.39, 0.29) is 22.2 Å². The monoisotopic (exact) mass is 449 g/mol. The van der Waals surface area contributed by atoms with Crippen LogP contribution in [0.25, 0.3) is 22.8 Å². The molecule has 1 amide bonds. The van der Waals surface area contributed by atoms with E-state index in [1.807, 2.05) is 19.9 Å². The van der Waals surface area contributed by atoms with Crippen molar-refractivity contribution < 1.29 is 17.6 Å². The Morgan fingerprint density at radius 3 is 2.44 bits per heavy atom. The number of oxazole rings is 1. The molecule has 0 saturated heterocycles. The molecule has 1 N–H and O–H groups in total. The van der Waals surface area contributed by atoms with Crippen LogP contribution >= 0.6 is 0 Å². The fourth-order valence-electron chi connectivity index (χ4n) is 3.14. The first-order chi connectivity index (χ1) is 15.2. The third-order valence-electron chi connectivity index (χ3n) is 4.65. The smallest absolute Gasteiger partial charge is 0.294 e. The highest BCUT2D eigenvalue weighted by Crippen LogP contribution is 2.25. The minimum absolute atomic E-state index is 0.0260. The Kier molecular flexibility index (Phi) is 5.54. The molecule has 10 heteroatoms. The lowest BCUT2D eigenvalue weighted by Gasteiger charge is -2.07. The molecule has 162 valence electrons. The Bertz CT molecular complexity index is 1410. The molecule has 3 aromatic heterocycles. The van der Waals surface area contributed by atoms with Gasteiger partial charge >= 0.3 is 0 Å². The van der Waals surface area contributed by atoms with E-state index in [9.17, 15) is 13.2 Å². The molecule has 1 aromatic carbocycles. The number of carbonyl (C=O) groups excluding carboxylic acids is 1. The highest BCUT2D eigenvalue weighted by atomic mass is 32.2. The zero-order valence-electron chi connectivity index (χ0n) is 17.5. The zero-order valence-corrected chi connectivity index (χ0v) is 18.3. The van der Waals surface area contributed by atoms with Gasteiger partial charge in [-0.2, -0.15) is 0 Å². The number of hydrogen-bond acceptors (Lipinski definition) is 8. The molecule has 0 bridgehead atoms. The van der Waals surface area contributed by atoms with Crippen molar-refractivity contribution in [2.24, 2.45) is 0 Å². The van der Waals surface area contributed by atoms with Crippen LogP contribution in [0.5, 0.6) is 0 Å². The number of aromatic nitrogens is 4. The first-order valence-corrected chi connectivity index (χ1v) is 11.4. The average Bonchev–Trinajstić information content (AvgIpc) is 3.23. The van der Waals surface area contributed by atoms with Crippen LogP contribution in [-0.4, -0.2) is 40.5 Å². The number of nitrogens with one attached hydrogen (secondary N) is 1. The van der Waals surface area contributed by atoms with Gasteiger partial charge in [-0.05, 0) is 43.2 Å². The normalized spacial score (nSPS) is 11.3. The molecule has 0 atom stereocenters. The first-order valence-electron chi connectivity index (χ1n) is 9.54. The summed E-state index contributed by atoms with van der Waals surface area (Å²) in [4.78, 5) is 30.1. The second-order valence-corrected chi connectivity index (χ2v) is 9.24. The van der Waals surface area contributed by atoms with Gasteiger partial charge in [0.25, 0.3) is 5.91 Å². The van der Waals surface area contributed by atoms with Crippen molar-refractivity contribution in [3.63, 3.8) is 0 Å². The lowest BCUT2D eigenvalue weighted by Crippen LogP contribution is -2.14. The predicted molar refractivity (Wildman–Crippen MR) is 118 cm³/mol. The number of amides is 1. The van der Waals surface area contributed by atoms with Crippen molar-refractivity contribution in [1.82, 2.24) is 19.9 Å². The van der Waals surface area contributed by atoms with E-state index in [4.69, 9.17) is 4.42 Å². The molecule has 32 heavy (non-hydrogen) atoms. The molecular weight excluding hydrogens is 430 g/mol. The van der Waals surface area contributed by atoms with Gasteiger partial charge in [-0.25, -0.2) is 23.4 Å². The number of carbonyl (C=O) groups is 1. The van der Waals surface area contributed by atoms with Gasteiger partial charge in [-0.3, -0.25) is 9.78 Å². The molecule has 0 fully saturated rings. The molecule has 0 saturated carbocycles. The van der Waals surface area contributed by atoms with Crippen LogP contribution in [0, 0.1) is 13.8 Å². The van der Waals surface area contributed by atoms with Crippen LogP contribution in [-0.2, 0) is 9.84 Å². The van der Waals surface area contributed by atoms with E-state index in [0.29, 0.717) is 17.1 Å². The van der Waals surface area contributed by atoms with E-state index >= 15 is 0 Å². The lowest BCUT2D eigenvalue weighted by molar-refractivity contribution is 0.0997. The Morgan fingerprint density at radius 2 is 1.75 bits per heavy atom. The maximum absolute atomic E-state index is 12.8. The van der Waals surface area contributed by atoms with E-state index in [2.05, 4.69) is 25.3 Å². The summed E-state index contributed by atoms with van der Waals surface area (Å²) < 4.78 is 28.6. The van der Waals surface area contributed by atoms with Gasteiger partial charge in [-0.1, -0.05) is 18.2 Å².